The van der Waals surface area contributed by atoms with Crippen LogP contribution in [0.15, 0.2) is 81.2 Å². The van der Waals surface area contributed by atoms with E-state index in [2.05, 4.69) is 15.0 Å². The number of fused-ring (bicyclic) bond motifs is 1. The minimum absolute atomic E-state index is 0.0475. The second-order valence-electron chi connectivity index (χ2n) is 7.00. The standard InChI is InChI=1S/C22H19N5O4/c28-19-10-11-26(22(31)25-19)14-20(29)27(12-15-6-2-1-3-7-15)13-18-23-17-9-5-4-8-16(17)21(30)24-18/h1-11H,12-14H2,(H,23,24,30)(H,25,28,31). The van der Waals surface area contributed by atoms with Gasteiger partial charge in [-0.2, -0.15) is 0 Å². The van der Waals surface area contributed by atoms with Gasteiger partial charge in [-0.3, -0.25) is 23.9 Å². The van der Waals surface area contributed by atoms with Crippen molar-refractivity contribution in [2.45, 2.75) is 19.6 Å². The molecule has 2 N–H and O–H groups in total. The first-order valence-corrected chi connectivity index (χ1v) is 9.59. The van der Waals surface area contributed by atoms with E-state index in [4.69, 9.17) is 0 Å². The third-order valence-corrected chi connectivity index (χ3v) is 4.77. The molecular formula is C22H19N5O4. The van der Waals surface area contributed by atoms with Crippen molar-refractivity contribution in [2.24, 2.45) is 0 Å². The average molecular weight is 417 g/mol. The topological polar surface area (TPSA) is 121 Å². The highest BCUT2D eigenvalue weighted by Gasteiger charge is 2.18. The molecule has 2 aromatic heterocycles. The van der Waals surface area contributed by atoms with E-state index in [1.807, 2.05) is 30.3 Å². The first-order chi connectivity index (χ1) is 15.0. The van der Waals surface area contributed by atoms with Crippen molar-refractivity contribution in [2.75, 3.05) is 0 Å². The Morgan fingerprint density at radius 3 is 2.42 bits per heavy atom. The molecule has 9 heteroatoms. The summed E-state index contributed by atoms with van der Waals surface area (Å²) in [6.07, 6.45) is 1.27. The molecule has 9 nitrogen and oxygen atoms in total. The number of nitrogens with one attached hydrogen (secondary N) is 2. The lowest BCUT2D eigenvalue weighted by molar-refractivity contribution is -0.133. The van der Waals surface area contributed by atoms with Crippen LogP contribution in [0, 0.1) is 0 Å². The lowest BCUT2D eigenvalue weighted by atomic mass is 10.2. The van der Waals surface area contributed by atoms with E-state index in [1.54, 1.807) is 24.3 Å². The fourth-order valence-corrected chi connectivity index (χ4v) is 3.24. The highest BCUT2D eigenvalue weighted by Crippen LogP contribution is 2.11. The highest BCUT2D eigenvalue weighted by molar-refractivity contribution is 5.78. The van der Waals surface area contributed by atoms with Crippen LogP contribution >= 0.6 is 0 Å². The number of hydrogen-bond acceptors (Lipinski definition) is 5. The first-order valence-electron chi connectivity index (χ1n) is 9.59. The number of aromatic amines is 2. The maximum atomic E-state index is 13.1. The molecule has 0 fully saturated rings. The zero-order chi connectivity index (χ0) is 21.8. The number of nitrogens with zero attached hydrogens (tertiary/aromatic N) is 3. The zero-order valence-electron chi connectivity index (χ0n) is 16.4. The third-order valence-electron chi connectivity index (χ3n) is 4.77. The van der Waals surface area contributed by atoms with Gasteiger partial charge in [0, 0.05) is 18.8 Å². The lowest BCUT2D eigenvalue weighted by Crippen LogP contribution is -2.38. The van der Waals surface area contributed by atoms with Gasteiger partial charge in [-0.05, 0) is 17.7 Å². The van der Waals surface area contributed by atoms with Crippen LogP contribution in [-0.4, -0.2) is 30.3 Å². The Hall–Kier alpha value is -4.27. The van der Waals surface area contributed by atoms with Crippen LogP contribution in [0.3, 0.4) is 0 Å². The number of H-pyrrole nitrogens is 2. The molecule has 2 aromatic carbocycles. The van der Waals surface area contributed by atoms with Crippen molar-refractivity contribution in [3.63, 3.8) is 0 Å². The summed E-state index contributed by atoms with van der Waals surface area (Å²) in [5.41, 5.74) is -0.0758. The predicted molar refractivity (Wildman–Crippen MR) is 114 cm³/mol. The number of carbonyl (C=O) groups is 1. The Balaban J connectivity index is 1.65. The minimum Gasteiger partial charge on any atom is -0.329 e. The number of benzene rings is 2. The number of hydrogen-bond donors (Lipinski definition) is 2. The van der Waals surface area contributed by atoms with Crippen LogP contribution in [-0.2, 0) is 24.4 Å². The van der Waals surface area contributed by atoms with Crippen molar-refractivity contribution in [1.82, 2.24) is 24.4 Å². The number of rotatable bonds is 6. The van der Waals surface area contributed by atoms with Gasteiger partial charge in [0.15, 0.2) is 0 Å². The second kappa shape index (κ2) is 8.62. The van der Waals surface area contributed by atoms with Gasteiger partial charge < -0.3 is 9.88 Å². The second-order valence-corrected chi connectivity index (χ2v) is 7.00. The first kappa shape index (κ1) is 20.0. The lowest BCUT2D eigenvalue weighted by Gasteiger charge is -2.23. The summed E-state index contributed by atoms with van der Waals surface area (Å²) < 4.78 is 1.12. The van der Waals surface area contributed by atoms with Crippen molar-refractivity contribution >= 4 is 16.8 Å². The van der Waals surface area contributed by atoms with Crippen molar-refractivity contribution in [1.29, 1.82) is 0 Å². The molecule has 0 saturated heterocycles. The summed E-state index contributed by atoms with van der Waals surface area (Å²) in [5.74, 6) is -0.0318. The van der Waals surface area contributed by atoms with E-state index < -0.39 is 11.2 Å². The SMILES string of the molecule is O=C(Cn1ccc(=O)[nH]c1=O)N(Cc1ccccc1)Cc1nc2ccccc2c(=O)[nH]1. The number of para-hydroxylation sites is 1. The molecular weight excluding hydrogens is 398 g/mol. The van der Waals surface area contributed by atoms with E-state index in [1.165, 1.54) is 17.2 Å². The quantitative estimate of drug-likeness (QED) is 0.485. The largest absolute Gasteiger partial charge is 0.329 e. The van der Waals surface area contributed by atoms with Crippen LogP contribution in [0.5, 0.6) is 0 Å². The Morgan fingerprint density at radius 2 is 1.65 bits per heavy atom. The Bertz CT molecular complexity index is 1410. The summed E-state index contributed by atoms with van der Waals surface area (Å²) in [7, 11) is 0. The maximum absolute atomic E-state index is 13.1. The summed E-state index contributed by atoms with van der Waals surface area (Å²) in [6.45, 7) is 0.0421. The van der Waals surface area contributed by atoms with Crippen molar-refractivity contribution in [3.8, 4) is 0 Å². The molecule has 0 saturated carbocycles. The molecule has 1 amide bonds. The van der Waals surface area contributed by atoms with Gasteiger partial charge in [-0.15, -0.1) is 0 Å². The van der Waals surface area contributed by atoms with Gasteiger partial charge >= 0.3 is 5.69 Å². The fourth-order valence-electron chi connectivity index (χ4n) is 3.24. The molecule has 4 aromatic rings. The summed E-state index contributed by atoms with van der Waals surface area (Å²) in [6, 6.07) is 17.5. The molecule has 0 aliphatic rings. The maximum Gasteiger partial charge on any atom is 0.328 e. The number of amides is 1. The molecule has 156 valence electrons. The van der Waals surface area contributed by atoms with Crippen molar-refractivity contribution in [3.05, 3.63) is 109 Å². The third kappa shape index (κ3) is 4.67. The molecule has 0 radical (unpaired) electrons. The number of aromatic nitrogens is 4. The molecule has 0 aliphatic heterocycles. The monoisotopic (exact) mass is 417 g/mol. The highest BCUT2D eigenvalue weighted by atomic mass is 16.2. The van der Waals surface area contributed by atoms with E-state index in [-0.39, 0.29) is 31.1 Å². The molecule has 0 bridgehead atoms. The van der Waals surface area contributed by atoms with E-state index in [0.29, 0.717) is 16.7 Å². The smallest absolute Gasteiger partial charge is 0.328 e. The van der Waals surface area contributed by atoms with Gasteiger partial charge in [0.2, 0.25) is 5.91 Å². The zero-order valence-corrected chi connectivity index (χ0v) is 16.4. The van der Waals surface area contributed by atoms with Crippen LogP contribution in [0.4, 0.5) is 0 Å². The Morgan fingerprint density at radius 1 is 0.903 bits per heavy atom. The summed E-state index contributed by atoms with van der Waals surface area (Å²) >= 11 is 0. The van der Waals surface area contributed by atoms with Crippen LogP contribution in [0.2, 0.25) is 0 Å². The predicted octanol–water partition coefficient (Wildman–Crippen LogP) is 1.00. The van der Waals surface area contributed by atoms with Crippen LogP contribution in [0.25, 0.3) is 10.9 Å². The van der Waals surface area contributed by atoms with Gasteiger partial charge in [0.1, 0.15) is 12.4 Å². The molecule has 0 atom stereocenters. The van der Waals surface area contributed by atoms with Crippen LogP contribution < -0.4 is 16.8 Å². The van der Waals surface area contributed by atoms with Crippen LogP contribution in [0.1, 0.15) is 11.4 Å². The Kier molecular flexibility index (Phi) is 5.57. The van der Waals surface area contributed by atoms with Gasteiger partial charge in [-0.25, -0.2) is 9.78 Å². The molecule has 0 aliphatic carbocycles. The number of carbonyl (C=O) groups excluding carboxylic acids is 1. The normalized spacial score (nSPS) is 10.8. The van der Waals surface area contributed by atoms with E-state index in [9.17, 15) is 19.2 Å². The molecule has 2 heterocycles. The van der Waals surface area contributed by atoms with Gasteiger partial charge in [0.05, 0.1) is 17.4 Å². The van der Waals surface area contributed by atoms with Gasteiger partial charge in [-0.1, -0.05) is 42.5 Å². The average Bonchev–Trinajstić information content (AvgIpc) is 2.76. The summed E-state index contributed by atoms with van der Waals surface area (Å²) in [4.78, 5) is 59.5. The fraction of sp³-hybridized carbons (Fsp3) is 0.136. The van der Waals surface area contributed by atoms with E-state index >= 15 is 0 Å². The van der Waals surface area contributed by atoms with E-state index in [0.717, 1.165) is 10.1 Å². The summed E-state index contributed by atoms with van der Waals surface area (Å²) in [5, 5.41) is 0.465. The molecule has 0 unspecified atom stereocenters. The van der Waals surface area contributed by atoms with Gasteiger partial charge in [0.25, 0.3) is 11.1 Å². The van der Waals surface area contributed by atoms with Crippen molar-refractivity contribution < 1.29 is 4.79 Å². The minimum atomic E-state index is -0.669. The molecule has 0 spiro atoms. The molecule has 31 heavy (non-hydrogen) atoms. The molecule has 4 rings (SSSR count). The Labute approximate surface area is 175 Å².